The van der Waals surface area contributed by atoms with Gasteiger partial charge in [0.15, 0.2) is 6.61 Å². The van der Waals surface area contributed by atoms with E-state index in [1.807, 2.05) is 61.5 Å². The zero-order chi connectivity index (χ0) is 14.7. The molecule has 21 heavy (non-hydrogen) atoms. The summed E-state index contributed by atoms with van der Waals surface area (Å²) in [4.78, 5) is 18.3. The number of nitrogens with zero attached hydrogens (tertiary/aromatic N) is 1. The quantitative estimate of drug-likeness (QED) is 0.542. The standard InChI is InChI=1S/C18H16NO2/c1-2-21-19-13-6-5-12-17(19)18(20)16-11-7-9-14-8-3-4-10-15(14)16/h3-13H,2H2,1H3/q+1. The van der Waals surface area contributed by atoms with E-state index in [-0.39, 0.29) is 5.78 Å². The number of hydrogen-bond acceptors (Lipinski definition) is 2. The third-order valence-corrected chi connectivity index (χ3v) is 3.36. The minimum absolute atomic E-state index is 0.0409. The Balaban J connectivity index is 2.13. The molecule has 0 atom stereocenters. The minimum atomic E-state index is -0.0409. The molecule has 2 aromatic carbocycles. The van der Waals surface area contributed by atoms with Gasteiger partial charge in [0.05, 0.1) is 0 Å². The highest BCUT2D eigenvalue weighted by Crippen LogP contribution is 2.20. The number of pyridine rings is 1. The third-order valence-electron chi connectivity index (χ3n) is 3.36. The van der Waals surface area contributed by atoms with Gasteiger partial charge in [0.1, 0.15) is 0 Å². The van der Waals surface area contributed by atoms with E-state index in [4.69, 9.17) is 4.84 Å². The van der Waals surface area contributed by atoms with Crippen molar-refractivity contribution in [2.24, 2.45) is 0 Å². The lowest BCUT2D eigenvalue weighted by Gasteiger charge is -2.05. The highest BCUT2D eigenvalue weighted by Gasteiger charge is 2.23. The van der Waals surface area contributed by atoms with E-state index < -0.39 is 0 Å². The Bertz CT molecular complexity index is 791. The third kappa shape index (κ3) is 2.50. The molecule has 0 fully saturated rings. The fraction of sp³-hybridized carbons (Fsp3) is 0.111. The molecule has 0 amide bonds. The summed E-state index contributed by atoms with van der Waals surface area (Å²) in [6.07, 6.45) is 1.75. The van der Waals surface area contributed by atoms with Crippen molar-refractivity contribution in [1.29, 1.82) is 0 Å². The highest BCUT2D eigenvalue weighted by atomic mass is 16.7. The summed E-state index contributed by atoms with van der Waals surface area (Å²) in [5.74, 6) is -0.0409. The summed E-state index contributed by atoms with van der Waals surface area (Å²) in [5, 5.41) is 2.01. The minimum Gasteiger partial charge on any atom is -0.282 e. The molecule has 1 aromatic heterocycles. The molecule has 0 saturated heterocycles. The summed E-state index contributed by atoms with van der Waals surface area (Å²) in [7, 11) is 0. The Labute approximate surface area is 123 Å². The second-order valence-electron chi connectivity index (χ2n) is 4.69. The number of hydrogen-bond donors (Lipinski definition) is 0. The van der Waals surface area contributed by atoms with E-state index in [0.717, 1.165) is 10.8 Å². The van der Waals surface area contributed by atoms with Crippen LogP contribution in [0, 0.1) is 0 Å². The van der Waals surface area contributed by atoms with E-state index in [9.17, 15) is 4.79 Å². The highest BCUT2D eigenvalue weighted by molar-refractivity contribution is 6.14. The largest absolute Gasteiger partial charge is 0.305 e. The number of fused-ring (bicyclic) bond motifs is 1. The smallest absolute Gasteiger partial charge is 0.282 e. The van der Waals surface area contributed by atoms with E-state index >= 15 is 0 Å². The van der Waals surface area contributed by atoms with Gasteiger partial charge in [0.2, 0.25) is 6.20 Å². The van der Waals surface area contributed by atoms with Gasteiger partial charge in [0.25, 0.3) is 5.78 Å². The Hall–Kier alpha value is -2.68. The lowest BCUT2D eigenvalue weighted by Crippen LogP contribution is -2.47. The van der Waals surface area contributed by atoms with Crippen molar-refractivity contribution in [3.05, 3.63) is 78.1 Å². The molecule has 0 radical (unpaired) electrons. The SMILES string of the molecule is CCO[n+]1ccccc1C(=O)c1cccc2ccccc12. The lowest BCUT2D eigenvalue weighted by atomic mass is 10.00. The molecular weight excluding hydrogens is 262 g/mol. The monoisotopic (exact) mass is 278 g/mol. The molecule has 0 unspecified atom stereocenters. The summed E-state index contributed by atoms with van der Waals surface area (Å²) in [6, 6.07) is 19.1. The van der Waals surface area contributed by atoms with Gasteiger partial charge < -0.3 is 0 Å². The molecule has 1 heterocycles. The number of rotatable bonds is 4. The van der Waals surface area contributed by atoms with Crippen LogP contribution < -0.4 is 9.57 Å². The predicted octanol–water partition coefficient (Wildman–Crippen LogP) is 2.81. The molecule has 0 aliphatic heterocycles. The Kier molecular flexibility index (Phi) is 3.65. The van der Waals surface area contributed by atoms with Crippen molar-refractivity contribution in [2.75, 3.05) is 6.61 Å². The number of benzene rings is 2. The van der Waals surface area contributed by atoms with Gasteiger partial charge in [0, 0.05) is 22.4 Å². The van der Waals surface area contributed by atoms with Crippen molar-refractivity contribution in [2.45, 2.75) is 6.92 Å². The topological polar surface area (TPSA) is 30.2 Å². The molecule has 104 valence electrons. The first-order chi connectivity index (χ1) is 10.3. The molecular formula is C18H16NO2+. The van der Waals surface area contributed by atoms with Crippen molar-refractivity contribution < 1.29 is 14.4 Å². The van der Waals surface area contributed by atoms with Crippen LogP contribution in [0.3, 0.4) is 0 Å². The fourth-order valence-electron chi connectivity index (χ4n) is 2.42. The molecule has 0 aliphatic carbocycles. The summed E-state index contributed by atoms with van der Waals surface area (Å²) in [6.45, 7) is 2.40. The molecule has 0 saturated carbocycles. The second kappa shape index (κ2) is 5.75. The number of carbonyl (C=O) groups is 1. The first-order valence-corrected chi connectivity index (χ1v) is 6.97. The van der Waals surface area contributed by atoms with Crippen molar-refractivity contribution >= 4 is 16.6 Å². The number of aromatic nitrogens is 1. The average molecular weight is 278 g/mol. The molecule has 3 aromatic rings. The zero-order valence-corrected chi connectivity index (χ0v) is 11.8. The van der Waals surface area contributed by atoms with E-state index in [2.05, 4.69) is 0 Å². The maximum Gasteiger partial charge on any atom is 0.305 e. The van der Waals surface area contributed by atoms with Crippen LogP contribution in [0.15, 0.2) is 66.9 Å². The molecule has 3 rings (SSSR count). The van der Waals surface area contributed by atoms with E-state index in [1.54, 1.807) is 12.3 Å². The van der Waals surface area contributed by atoms with Crippen molar-refractivity contribution in [1.82, 2.24) is 0 Å². The molecule has 0 spiro atoms. The van der Waals surface area contributed by atoms with Crippen LogP contribution in [0.5, 0.6) is 0 Å². The van der Waals surface area contributed by atoms with Crippen LogP contribution in [0.2, 0.25) is 0 Å². The summed E-state index contributed by atoms with van der Waals surface area (Å²) >= 11 is 0. The van der Waals surface area contributed by atoms with Gasteiger partial charge in [-0.15, -0.1) is 0 Å². The average Bonchev–Trinajstić information content (AvgIpc) is 2.54. The number of ketones is 1. The maximum absolute atomic E-state index is 12.9. The van der Waals surface area contributed by atoms with Crippen LogP contribution in [0.4, 0.5) is 0 Å². The van der Waals surface area contributed by atoms with Gasteiger partial charge in [-0.2, -0.15) is 0 Å². The lowest BCUT2D eigenvalue weighted by molar-refractivity contribution is -0.891. The molecule has 3 nitrogen and oxygen atoms in total. The van der Waals surface area contributed by atoms with Gasteiger partial charge in [-0.25, -0.2) is 0 Å². The van der Waals surface area contributed by atoms with E-state index in [1.165, 1.54) is 4.73 Å². The Morgan fingerprint density at radius 3 is 2.62 bits per heavy atom. The van der Waals surface area contributed by atoms with E-state index in [0.29, 0.717) is 17.9 Å². The Morgan fingerprint density at radius 2 is 1.76 bits per heavy atom. The van der Waals surface area contributed by atoms with Crippen molar-refractivity contribution in [3.8, 4) is 0 Å². The van der Waals surface area contributed by atoms with Crippen LogP contribution in [-0.2, 0) is 0 Å². The Morgan fingerprint density at radius 1 is 1.00 bits per heavy atom. The second-order valence-corrected chi connectivity index (χ2v) is 4.69. The van der Waals surface area contributed by atoms with Gasteiger partial charge in [-0.05, 0) is 23.8 Å². The van der Waals surface area contributed by atoms with Crippen LogP contribution >= 0.6 is 0 Å². The molecule has 0 aliphatic rings. The first-order valence-electron chi connectivity index (χ1n) is 6.97. The summed E-state index contributed by atoms with van der Waals surface area (Å²) in [5.41, 5.74) is 1.21. The van der Waals surface area contributed by atoms with Gasteiger partial charge in [-0.1, -0.05) is 42.5 Å². The van der Waals surface area contributed by atoms with Gasteiger partial charge in [-0.3, -0.25) is 9.63 Å². The van der Waals surface area contributed by atoms with Crippen LogP contribution in [0.1, 0.15) is 23.0 Å². The summed E-state index contributed by atoms with van der Waals surface area (Å²) < 4.78 is 1.53. The van der Waals surface area contributed by atoms with Crippen LogP contribution in [-0.4, -0.2) is 12.4 Å². The zero-order valence-electron chi connectivity index (χ0n) is 11.8. The molecule has 3 heteroatoms. The normalized spacial score (nSPS) is 10.5. The van der Waals surface area contributed by atoms with Crippen LogP contribution in [0.25, 0.3) is 10.8 Å². The maximum atomic E-state index is 12.9. The predicted molar refractivity (Wildman–Crippen MR) is 81.1 cm³/mol. The fourth-order valence-corrected chi connectivity index (χ4v) is 2.42. The molecule has 0 bridgehead atoms. The van der Waals surface area contributed by atoms with Gasteiger partial charge >= 0.3 is 5.69 Å². The first kappa shape index (κ1) is 13.3. The van der Waals surface area contributed by atoms with Crippen molar-refractivity contribution in [3.63, 3.8) is 0 Å². The number of carbonyl (C=O) groups excluding carboxylic acids is 1. The molecule has 0 N–H and O–H groups in total.